The Balaban J connectivity index is 1.98. The zero-order chi connectivity index (χ0) is 29.2. The molecule has 0 aliphatic heterocycles. The molecule has 0 fully saturated rings. The number of Topliss-reactive ketones (excluding diaryl/α,β-unsaturated/α-hetero) is 4. The molecule has 8 nitrogen and oxygen atoms in total. The molecule has 0 bridgehead atoms. The second-order valence-corrected chi connectivity index (χ2v) is 12.3. The molecule has 39 heavy (non-hydrogen) atoms. The molecule has 0 amide bonds. The minimum absolute atomic E-state index is 0.00989. The number of carbonyl (C=O) groups excluding carboxylic acids is 4. The van der Waals surface area contributed by atoms with Crippen molar-refractivity contribution in [3.63, 3.8) is 0 Å². The molecule has 0 aromatic heterocycles. The van der Waals surface area contributed by atoms with Gasteiger partial charge in [0, 0.05) is 34.3 Å². The molecule has 1 aromatic rings. The van der Waals surface area contributed by atoms with Crippen molar-refractivity contribution in [1.82, 2.24) is 0 Å². The molecule has 210 valence electrons. The lowest BCUT2D eigenvalue weighted by molar-refractivity contribution is -0.171. The van der Waals surface area contributed by atoms with Crippen LogP contribution in [-0.4, -0.2) is 49.2 Å². The van der Waals surface area contributed by atoms with Crippen LogP contribution in [0.1, 0.15) is 99.9 Å². The molecule has 1 aromatic carbocycles. The van der Waals surface area contributed by atoms with Crippen molar-refractivity contribution in [2.45, 2.75) is 85.7 Å². The minimum Gasteiger partial charge on any atom is -0.511 e. The predicted molar refractivity (Wildman–Crippen MR) is 144 cm³/mol. The molecule has 8 heteroatoms. The van der Waals surface area contributed by atoms with Crippen LogP contribution in [-0.2, 0) is 16.0 Å². The highest BCUT2D eigenvalue weighted by atomic mass is 16.3. The number of unbranched alkanes of at least 4 members (excludes halogenated alkanes) is 2. The van der Waals surface area contributed by atoms with E-state index in [4.69, 9.17) is 0 Å². The number of hydrogen-bond acceptors (Lipinski definition) is 8. The molecule has 0 saturated heterocycles. The van der Waals surface area contributed by atoms with Gasteiger partial charge in [-0.1, -0.05) is 47.5 Å². The van der Waals surface area contributed by atoms with Crippen LogP contribution >= 0.6 is 0 Å². The van der Waals surface area contributed by atoms with Gasteiger partial charge in [-0.15, -0.1) is 0 Å². The highest BCUT2D eigenvalue weighted by Gasteiger charge is 2.71. The van der Waals surface area contributed by atoms with Gasteiger partial charge < -0.3 is 20.4 Å². The number of aliphatic hydroxyl groups excluding tert-OH is 2. The van der Waals surface area contributed by atoms with Crippen LogP contribution in [0.5, 0.6) is 5.75 Å². The van der Waals surface area contributed by atoms with E-state index < -0.39 is 56.8 Å². The lowest BCUT2D eigenvalue weighted by atomic mass is 9.44. The molecule has 1 unspecified atom stereocenters. The van der Waals surface area contributed by atoms with Gasteiger partial charge in [-0.05, 0) is 49.8 Å². The average Bonchev–Trinajstić information content (AvgIpc) is 2.81. The maximum Gasteiger partial charge on any atom is 0.209 e. The van der Waals surface area contributed by atoms with E-state index in [-0.39, 0.29) is 47.8 Å². The smallest absolute Gasteiger partial charge is 0.209 e. The first-order valence-corrected chi connectivity index (χ1v) is 13.7. The van der Waals surface area contributed by atoms with Crippen LogP contribution in [0, 0.1) is 22.7 Å². The molecule has 4 rings (SSSR count). The number of aliphatic hydroxyl groups is 3. The van der Waals surface area contributed by atoms with Gasteiger partial charge in [-0.2, -0.15) is 0 Å². The number of allylic oxidation sites excluding steroid dienone is 2. The van der Waals surface area contributed by atoms with Gasteiger partial charge in [-0.25, -0.2) is 0 Å². The van der Waals surface area contributed by atoms with Crippen LogP contribution in [0.15, 0.2) is 34.8 Å². The van der Waals surface area contributed by atoms with Crippen molar-refractivity contribution in [1.29, 1.82) is 0 Å². The standard InChI is InChI=1S/C31H38O8/c1-7-8-9-10-19(33)17-11-12-20(34)22-18(17)13-29(5)14-30(6)23(15(2)3)25(35)21(16(4)32)27(37)31(30,39)28(38)24(29)26(22)36/h11-12,15,23,34-35,38-39H,7-10,13-14H2,1-6H3/t23?,29-,30-,31+/m1/s1. The fourth-order valence-electron chi connectivity index (χ4n) is 7.66. The summed E-state index contributed by atoms with van der Waals surface area (Å²) in [6, 6.07) is 2.80. The zero-order valence-corrected chi connectivity index (χ0v) is 23.5. The quantitative estimate of drug-likeness (QED) is 0.213. The van der Waals surface area contributed by atoms with E-state index in [2.05, 4.69) is 0 Å². The van der Waals surface area contributed by atoms with Crippen molar-refractivity contribution in [2.24, 2.45) is 22.7 Å². The fourth-order valence-corrected chi connectivity index (χ4v) is 7.66. The summed E-state index contributed by atoms with van der Waals surface area (Å²) in [4.78, 5) is 53.3. The minimum atomic E-state index is -2.65. The highest BCUT2D eigenvalue weighted by molar-refractivity contribution is 6.25. The van der Waals surface area contributed by atoms with Crippen LogP contribution in [0.3, 0.4) is 0 Å². The number of rotatable bonds is 7. The topological polar surface area (TPSA) is 149 Å². The van der Waals surface area contributed by atoms with Crippen molar-refractivity contribution in [3.05, 3.63) is 51.5 Å². The number of carbonyl (C=O) groups is 4. The monoisotopic (exact) mass is 538 g/mol. The fraction of sp³-hybridized carbons (Fsp3) is 0.548. The molecular formula is C31H38O8. The van der Waals surface area contributed by atoms with E-state index >= 15 is 0 Å². The Hall–Kier alpha value is -3.26. The summed E-state index contributed by atoms with van der Waals surface area (Å²) in [6.07, 6.45) is 2.88. The van der Waals surface area contributed by atoms with Crippen LogP contribution < -0.4 is 0 Å². The number of fused-ring (bicyclic) bond motifs is 3. The number of phenolic OH excluding ortho intramolecular Hbond substituents is 1. The Morgan fingerprint density at radius 1 is 1.08 bits per heavy atom. The summed E-state index contributed by atoms with van der Waals surface area (Å²) in [5, 5.41) is 45.6. The van der Waals surface area contributed by atoms with Gasteiger partial charge in [0.15, 0.2) is 23.0 Å². The normalized spacial score (nSPS) is 30.3. The second kappa shape index (κ2) is 9.44. The Kier molecular flexibility index (Phi) is 6.95. The molecule has 3 aliphatic rings. The number of hydrogen-bond donors (Lipinski definition) is 4. The first-order valence-electron chi connectivity index (χ1n) is 13.7. The first kappa shape index (κ1) is 28.7. The summed E-state index contributed by atoms with van der Waals surface area (Å²) in [5.41, 5.74) is -5.53. The Labute approximate surface area is 228 Å². The summed E-state index contributed by atoms with van der Waals surface area (Å²) in [5.74, 6) is -5.73. The maximum atomic E-state index is 14.0. The van der Waals surface area contributed by atoms with Crippen LogP contribution in [0.4, 0.5) is 0 Å². The summed E-state index contributed by atoms with van der Waals surface area (Å²) < 4.78 is 0. The molecule has 0 spiro atoms. The average molecular weight is 539 g/mol. The third-order valence-electron chi connectivity index (χ3n) is 9.20. The molecule has 3 aliphatic carbocycles. The SMILES string of the molecule is CCCCCC(=O)c1ccc(O)c2c1C[C@]1(C)C[C@]3(C)C(C(C)C)C(O)=C(C(C)=O)C(=O)[C@]3(O)C(O)=C1C2=O. The van der Waals surface area contributed by atoms with E-state index in [1.807, 2.05) is 6.92 Å². The Morgan fingerprint density at radius 2 is 1.72 bits per heavy atom. The lowest BCUT2D eigenvalue weighted by Crippen LogP contribution is -2.67. The Bertz CT molecular complexity index is 1360. The largest absolute Gasteiger partial charge is 0.511 e. The van der Waals surface area contributed by atoms with Crippen LogP contribution in [0.25, 0.3) is 0 Å². The molecule has 4 atom stereocenters. The molecule has 0 radical (unpaired) electrons. The van der Waals surface area contributed by atoms with E-state index in [0.29, 0.717) is 17.5 Å². The van der Waals surface area contributed by atoms with E-state index in [9.17, 15) is 39.6 Å². The summed E-state index contributed by atoms with van der Waals surface area (Å²) in [7, 11) is 0. The van der Waals surface area contributed by atoms with Gasteiger partial charge >= 0.3 is 0 Å². The number of phenols is 1. The third kappa shape index (κ3) is 3.82. The van der Waals surface area contributed by atoms with Crippen LogP contribution in [0.2, 0.25) is 0 Å². The van der Waals surface area contributed by atoms with Crippen molar-refractivity contribution >= 4 is 23.1 Å². The van der Waals surface area contributed by atoms with Crippen molar-refractivity contribution in [2.75, 3.05) is 0 Å². The predicted octanol–water partition coefficient (Wildman–Crippen LogP) is 5.11. The maximum absolute atomic E-state index is 14.0. The van der Waals surface area contributed by atoms with Crippen molar-refractivity contribution in [3.8, 4) is 5.75 Å². The molecule has 4 N–H and O–H groups in total. The number of ketones is 4. The van der Waals surface area contributed by atoms with Gasteiger partial charge in [0.05, 0.1) is 5.56 Å². The van der Waals surface area contributed by atoms with E-state index in [1.54, 1.807) is 27.7 Å². The van der Waals surface area contributed by atoms with E-state index in [1.165, 1.54) is 12.1 Å². The number of aromatic hydroxyl groups is 1. The van der Waals surface area contributed by atoms with Gasteiger partial charge in [0.1, 0.15) is 22.8 Å². The third-order valence-corrected chi connectivity index (χ3v) is 9.20. The second-order valence-electron chi connectivity index (χ2n) is 12.3. The number of benzene rings is 1. The summed E-state index contributed by atoms with van der Waals surface area (Å²) >= 11 is 0. The van der Waals surface area contributed by atoms with Gasteiger partial charge in [-0.3, -0.25) is 19.2 Å². The highest BCUT2D eigenvalue weighted by Crippen LogP contribution is 2.65. The van der Waals surface area contributed by atoms with Gasteiger partial charge in [0.25, 0.3) is 0 Å². The van der Waals surface area contributed by atoms with E-state index in [0.717, 1.165) is 19.8 Å². The van der Waals surface area contributed by atoms with Gasteiger partial charge in [0.2, 0.25) is 5.78 Å². The molecule has 0 saturated carbocycles. The Morgan fingerprint density at radius 3 is 2.28 bits per heavy atom. The lowest BCUT2D eigenvalue weighted by Gasteiger charge is -2.59. The molecule has 0 heterocycles. The zero-order valence-electron chi connectivity index (χ0n) is 23.5. The first-order chi connectivity index (χ1) is 18.1. The summed E-state index contributed by atoms with van der Waals surface area (Å²) in [6.45, 7) is 10.0. The molecular weight excluding hydrogens is 500 g/mol. The van der Waals surface area contributed by atoms with Crippen molar-refractivity contribution < 1.29 is 39.6 Å².